The Morgan fingerprint density at radius 2 is 2.12 bits per heavy atom. The number of aliphatic imine (C=N–C) groups is 1. The number of nitrogens with one attached hydrogen (secondary N) is 3. The first-order valence-electron chi connectivity index (χ1n) is 8.81. The van der Waals surface area contributed by atoms with Gasteiger partial charge in [0.25, 0.3) is 0 Å². The molecule has 2 fully saturated rings. The zero-order chi connectivity index (χ0) is 16.9. The van der Waals surface area contributed by atoms with Gasteiger partial charge in [0.1, 0.15) is 0 Å². The summed E-state index contributed by atoms with van der Waals surface area (Å²) in [5.74, 6) is 1.73. The van der Waals surface area contributed by atoms with E-state index in [1.165, 1.54) is 12.0 Å². The van der Waals surface area contributed by atoms with Gasteiger partial charge in [0.2, 0.25) is 5.91 Å². The fourth-order valence-corrected chi connectivity index (χ4v) is 2.86. The van der Waals surface area contributed by atoms with Crippen LogP contribution in [0.15, 0.2) is 29.3 Å². The minimum absolute atomic E-state index is 0.0885. The number of nitrogens with zero attached hydrogens (tertiary/aromatic N) is 2. The van der Waals surface area contributed by atoms with Crippen LogP contribution in [0.5, 0.6) is 0 Å². The first-order chi connectivity index (χ1) is 11.7. The van der Waals surface area contributed by atoms with Crippen LogP contribution in [0.3, 0.4) is 0 Å². The summed E-state index contributed by atoms with van der Waals surface area (Å²) in [7, 11) is 0. The third-order valence-electron chi connectivity index (χ3n) is 4.54. The molecule has 1 saturated heterocycles. The Kier molecular flexibility index (Phi) is 5.23. The Balaban J connectivity index is 1.58. The van der Waals surface area contributed by atoms with Gasteiger partial charge in [-0.25, -0.2) is 4.99 Å². The van der Waals surface area contributed by atoms with Gasteiger partial charge in [-0.05, 0) is 37.0 Å². The average Bonchev–Trinajstić information content (AvgIpc) is 3.28. The number of carbonyl (C=O) groups is 1. The van der Waals surface area contributed by atoms with E-state index in [1.54, 1.807) is 0 Å². The van der Waals surface area contributed by atoms with Gasteiger partial charge >= 0.3 is 0 Å². The SMILES string of the molecule is CCNC(=NCc1ccc(N2CCNC(=O)C2)cc1)NC1CC1C. The van der Waals surface area contributed by atoms with Crippen molar-refractivity contribution in [3.63, 3.8) is 0 Å². The van der Waals surface area contributed by atoms with Gasteiger partial charge in [-0.15, -0.1) is 0 Å². The highest BCUT2D eigenvalue weighted by molar-refractivity contribution is 5.82. The van der Waals surface area contributed by atoms with Crippen LogP contribution in [-0.4, -0.2) is 44.1 Å². The molecule has 1 aromatic rings. The fourth-order valence-electron chi connectivity index (χ4n) is 2.86. The van der Waals surface area contributed by atoms with Crippen LogP contribution in [0.4, 0.5) is 5.69 Å². The first kappa shape index (κ1) is 16.6. The van der Waals surface area contributed by atoms with Gasteiger partial charge in [-0.2, -0.15) is 0 Å². The van der Waals surface area contributed by atoms with E-state index in [9.17, 15) is 4.79 Å². The molecule has 130 valence electrons. The molecule has 1 aromatic carbocycles. The fraction of sp³-hybridized carbons (Fsp3) is 0.556. The molecule has 3 N–H and O–H groups in total. The quantitative estimate of drug-likeness (QED) is 0.559. The molecule has 1 saturated carbocycles. The van der Waals surface area contributed by atoms with Crippen LogP contribution < -0.4 is 20.9 Å². The van der Waals surface area contributed by atoms with E-state index in [2.05, 4.69) is 64.0 Å². The molecule has 1 aliphatic heterocycles. The van der Waals surface area contributed by atoms with E-state index in [0.29, 0.717) is 25.7 Å². The van der Waals surface area contributed by atoms with E-state index >= 15 is 0 Å². The number of rotatable bonds is 5. The Labute approximate surface area is 143 Å². The van der Waals surface area contributed by atoms with Crippen LogP contribution in [0.25, 0.3) is 0 Å². The second-order valence-corrected chi connectivity index (χ2v) is 6.60. The topological polar surface area (TPSA) is 68.8 Å². The van der Waals surface area contributed by atoms with Crippen molar-refractivity contribution in [1.82, 2.24) is 16.0 Å². The van der Waals surface area contributed by atoms with Gasteiger partial charge in [-0.3, -0.25) is 4.79 Å². The Hall–Kier alpha value is -2.24. The molecule has 1 amide bonds. The van der Waals surface area contributed by atoms with Gasteiger partial charge in [-0.1, -0.05) is 19.1 Å². The number of benzene rings is 1. The minimum Gasteiger partial charge on any atom is -0.360 e. The Morgan fingerprint density at radius 1 is 1.38 bits per heavy atom. The molecular formula is C18H27N5O. The normalized spacial score (nSPS) is 23.7. The lowest BCUT2D eigenvalue weighted by molar-refractivity contribution is -0.120. The molecule has 6 nitrogen and oxygen atoms in total. The van der Waals surface area contributed by atoms with Gasteiger partial charge in [0.05, 0.1) is 13.1 Å². The van der Waals surface area contributed by atoms with Crippen molar-refractivity contribution in [1.29, 1.82) is 0 Å². The highest BCUT2D eigenvalue weighted by Crippen LogP contribution is 2.28. The summed E-state index contributed by atoms with van der Waals surface area (Å²) in [5.41, 5.74) is 2.26. The van der Waals surface area contributed by atoms with E-state index in [1.807, 2.05) is 0 Å². The maximum atomic E-state index is 11.5. The van der Waals surface area contributed by atoms with Crippen molar-refractivity contribution >= 4 is 17.6 Å². The number of hydrogen-bond donors (Lipinski definition) is 3. The summed E-state index contributed by atoms with van der Waals surface area (Å²) in [6, 6.07) is 8.90. The number of anilines is 1. The molecular weight excluding hydrogens is 302 g/mol. The average molecular weight is 329 g/mol. The van der Waals surface area contributed by atoms with Crippen molar-refractivity contribution in [2.45, 2.75) is 32.9 Å². The van der Waals surface area contributed by atoms with Crippen molar-refractivity contribution < 1.29 is 4.79 Å². The summed E-state index contributed by atoms with van der Waals surface area (Å²) < 4.78 is 0. The second kappa shape index (κ2) is 7.55. The summed E-state index contributed by atoms with van der Waals surface area (Å²) in [4.78, 5) is 18.3. The monoisotopic (exact) mass is 329 g/mol. The molecule has 2 unspecified atom stereocenters. The number of amides is 1. The van der Waals surface area contributed by atoms with Crippen molar-refractivity contribution in [3.8, 4) is 0 Å². The predicted molar refractivity (Wildman–Crippen MR) is 97.2 cm³/mol. The van der Waals surface area contributed by atoms with E-state index in [0.717, 1.165) is 30.7 Å². The summed E-state index contributed by atoms with van der Waals surface area (Å²) in [6.45, 7) is 7.85. The first-order valence-corrected chi connectivity index (χ1v) is 8.81. The zero-order valence-electron chi connectivity index (χ0n) is 14.5. The lowest BCUT2D eigenvalue weighted by Crippen LogP contribution is -2.47. The van der Waals surface area contributed by atoms with E-state index < -0.39 is 0 Å². The lowest BCUT2D eigenvalue weighted by Gasteiger charge is -2.28. The molecule has 3 rings (SSSR count). The van der Waals surface area contributed by atoms with Crippen LogP contribution in [0.2, 0.25) is 0 Å². The molecule has 6 heteroatoms. The summed E-state index contributed by atoms with van der Waals surface area (Å²) >= 11 is 0. The number of carbonyl (C=O) groups excluding carboxylic acids is 1. The zero-order valence-corrected chi connectivity index (χ0v) is 14.5. The van der Waals surface area contributed by atoms with Crippen molar-refractivity contribution in [2.75, 3.05) is 31.1 Å². The highest BCUT2D eigenvalue weighted by atomic mass is 16.2. The molecule has 1 heterocycles. The van der Waals surface area contributed by atoms with Crippen molar-refractivity contribution in [3.05, 3.63) is 29.8 Å². The molecule has 0 aromatic heterocycles. The number of guanidine groups is 1. The second-order valence-electron chi connectivity index (χ2n) is 6.60. The Bertz CT molecular complexity index is 598. The molecule has 1 aliphatic carbocycles. The van der Waals surface area contributed by atoms with Crippen molar-refractivity contribution in [2.24, 2.45) is 10.9 Å². The molecule has 0 bridgehead atoms. The summed E-state index contributed by atoms with van der Waals surface area (Å²) in [6.07, 6.45) is 1.22. The standard InChI is InChI=1S/C18H27N5O/c1-3-19-18(22-16-10-13(16)2)21-11-14-4-6-15(7-5-14)23-9-8-20-17(24)12-23/h4-7,13,16H,3,8-12H2,1-2H3,(H,20,24)(H2,19,21,22). The van der Waals surface area contributed by atoms with Gasteiger partial charge < -0.3 is 20.9 Å². The molecule has 24 heavy (non-hydrogen) atoms. The summed E-state index contributed by atoms with van der Waals surface area (Å²) in [5, 5.41) is 9.61. The predicted octanol–water partition coefficient (Wildman–Crippen LogP) is 1.09. The van der Waals surface area contributed by atoms with Crippen LogP contribution in [-0.2, 0) is 11.3 Å². The Morgan fingerprint density at radius 3 is 2.75 bits per heavy atom. The van der Waals surface area contributed by atoms with Gasteiger partial charge in [0.15, 0.2) is 5.96 Å². The maximum absolute atomic E-state index is 11.5. The lowest BCUT2D eigenvalue weighted by atomic mass is 10.2. The van der Waals surface area contributed by atoms with E-state index in [-0.39, 0.29) is 5.91 Å². The molecule has 0 spiro atoms. The van der Waals surface area contributed by atoms with Crippen LogP contribution in [0.1, 0.15) is 25.8 Å². The molecule has 0 radical (unpaired) electrons. The third kappa shape index (κ3) is 4.40. The van der Waals surface area contributed by atoms with Crippen LogP contribution in [0, 0.1) is 5.92 Å². The highest BCUT2D eigenvalue weighted by Gasteiger charge is 2.33. The van der Waals surface area contributed by atoms with Gasteiger partial charge in [0, 0.05) is 31.4 Å². The number of hydrogen-bond acceptors (Lipinski definition) is 3. The maximum Gasteiger partial charge on any atom is 0.239 e. The van der Waals surface area contributed by atoms with E-state index in [4.69, 9.17) is 0 Å². The smallest absolute Gasteiger partial charge is 0.239 e. The third-order valence-corrected chi connectivity index (χ3v) is 4.54. The largest absolute Gasteiger partial charge is 0.360 e. The molecule has 2 aliphatic rings. The van der Waals surface area contributed by atoms with Crippen LogP contribution >= 0.6 is 0 Å². The molecule has 2 atom stereocenters. The minimum atomic E-state index is 0.0885. The number of piperazine rings is 1.